The molecule has 136 valence electrons. The van der Waals surface area contributed by atoms with Gasteiger partial charge >= 0.3 is 5.97 Å². The topological polar surface area (TPSA) is 66.8 Å². The van der Waals surface area contributed by atoms with Gasteiger partial charge in [0.1, 0.15) is 5.75 Å². The van der Waals surface area contributed by atoms with Crippen molar-refractivity contribution in [1.82, 2.24) is 0 Å². The van der Waals surface area contributed by atoms with Crippen LogP contribution >= 0.6 is 0 Å². The van der Waals surface area contributed by atoms with Crippen LogP contribution in [0.15, 0.2) is 18.2 Å². The highest BCUT2D eigenvalue weighted by atomic mass is 16.5. The van der Waals surface area contributed by atoms with Crippen LogP contribution in [0.1, 0.15) is 56.1 Å². The van der Waals surface area contributed by atoms with E-state index >= 15 is 0 Å². The summed E-state index contributed by atoms with van der Waals surface area (Å²) in [4.78, 5) is 12.1. The lowest BCUT2D eigenvalue weighted by molar-refractivity contribution is -0.144. The largest absolute Gasteiger partial charge is 0.508 e. The molecule has 0 aromatic heterocycles. The number of aliphatic hydroxyl groups is 1. The molecule has 1 aromatic rings. The molecule has 0 spiro atoms. The van der Waals surface area contributed by atoms with Crippen molar-refractivity contribution in [1.29, 1.82) is 0 Å². The van der Waals surface area contributed by atoms with Gasteiger partial charge in [-0.2, -0.15) is 0 Å². The van der Waals surface area contributed by atoms with Crippen LogP contribution in [0.4, 0.5) is 0 Å². The van der Waals surface area contributed by atoms with E-state index in [4.69, 9.17) is 4.74 Å². The van der Waals surface area contributed by atoms with Crippen molar-refractivity contribution in [2.45, 2.75) is 57.5 Å². The van der Waals surface area contributed by atoms with Gasteiger partial charge in [0.05, 0.1) is 13.2 Å². The molecule has 0 heterocycles. The van der Waals surface area contributed by atoms with E-state index in [1.807, 2.05) is 6.07 Å². The number of fused-ring (bicyclic) bond motifs is 5. The lowest BCUT2D eigenvalue weighted by Crippen LogP contribution is -2.48. The van der Waals surface area contributed by atoms with Crippen molar-refractivity contribution in [2.75, 3.05) is 7.11 Å². The van der Waals surface area contributed by atoms with Gasteiger partial charge in [-0.3, -0.25) is 4.79 Å². The number of phenolic OH excluding ortho intramolecular Hbond substituents is 1. The Hall–Kier alpha value is -1.55. The maximum Gasteiger partial charge on any atom is 0.305 e. The molecule has 4 heteroatoms. The molecule has 0 bridgehead atoms. The lowest BCUT2D eigenvalue weighted by atomic mass is 9.51. The van der Waals surface area contributed by atoms with Crippen molar-refractivity contribution < 1.29 is 19.7 Å². The Morgan fingerprint density at radius 1 is 1.32 bits per heavy atom. The Morgan fingerprint density at radius 3 is 2.88 bits per heavy atom. The Kier molecular flexibility index (Phi) is 4.06. The third kappa shape index (κ3) is 2.57. The number of ether oxygens (including phenoxy) is 1. The van der Waals surface area contributed by atoms with E-state index in [1.165, 1.54) is 18.2 Å². The zero-order chi connectivity index (χ0) is 17.8. The average molecular weight is 344 g/mol. The molecule has 2 fully saturated rings. The summed E-state index contributed by atoms with van der Waals surface area (Å²) in [6, 6.07) is 5.71. The predicted molar refractivity (Wildman–Crippen MR) is 94.2 cm³/mol. The first-order valence-corrected chi connectivity index (χ1v) is 9.50. The van der Waals surface area contributed by atoms with Gasteiger partial charge in [-0.25, -0.2) is 0 Å². The van der Waals surface area contributed by atoms with E-state index in [-0.39, 0.29) is 23.4 Å². The van der Waals surface area contributed by atoms with Crippen LogP contribution in [0.3, 0.4) is 0 Å². The first-order chi connectivity index (χ1) is 11.9. The molecule has 6 atom stereocenters. The number of aryl methyl sites for hydroxylation is 1. The first kappa shape index (κ1) is 16.9. The first-order valence-electron chi connectivity index (χ1n) is 9.50. The molecule has 0 amide bonds. The van der Waals surface area contributed by atoms with E-state index in [0.29, 0.717) is 29.9 Å². The SMILES string of the molecule is COC(=O)C[C@H]1C[C@]2(C)[C@@H](O)CC[C@H]2[C@@H]2CCc3cc(O)ccc3[C@@H]12. The third-order valence-electron chi connectivity index (χ3n) is 7.44. The van der Waals surface area contributed by atoms with Crippen LogP contribution in [0.2, 0.25) is 0 Å². The summed E-state index contributed by atoms with van der Waals surface area (Å²) in [6.45, 7) is 2.22. The highest BCUT2D eigenvalue weighted by molar-refractivity contribution is 5.69. The van der Waals surface area contributed by atoms with E-state index in [0.717, 1.165) is 32.1 Å². The van der Waals surface area contributed by atoms with Crippen molar-refractivity contribution >= 4 is 5.97 Å². The van der Waals surface area contributed by atoms with Gasteiger partial charge in [-0.05, 0) is 84.5 Å². The van der Waals surface area contributed by atoms with Gasteiger partial charge in [0.2, 0.25) is 0 Å². The minimum absolute atomic E-state index is 0.0890. The Labute approximate surface area is 149 Å². The van der Waals surface area contributed by atoms with Crippen LogP contribution in [0.5, 0.6) is 5.75 Å². The number of carbonyl (C=O) groups excluding carboxylic acids is 1. The second-order valence-electron chi connectivity index (χ2n) is 8.56. The zero-order valence-corrected chi connectivity index (χ0v) is 15.1. The summed E-state index contributed by atoms with van der Waals surface area (Å²) in [6.07, 6.45) is 5.02. The summed E-state index contributed by atoms with van der Waals surface area (Å²) in [5.74, 6) is 1.69. The molecule has 0 unspecified atom stereocenters. The highest BCUT2D eigenvalue weighted by Crippen LogP contribution is 2.63. The second-order valence-corrected chi connectivity index (χ2v) is 8.56. The molecule has 3 aliphatic carbocycles. The van der Waals surface area contributed by atoms with Crippen molar-refractivity contribution in [2.24, 2.45) is 23.2 Å². The Balaban J connectivity index is 1.76. The summed E-state index contributed by atoms with van der Waals surface area (Å²) >= 11 is 0. The van der Waals surface area contributed by atoms with Crippen molar-refractivity contribution in [3.8, 4) is 5.75 Å². The molecule has 4 rings (SSSR count). The zero-order valence-electron chi connectivity index (χ0n) is 15.1. The number of phenols is 1. The van der Waals surface area contributed by atoms with Crippen LogP contribution in [-0.2, 0) is 16.0 Å². The standard InChI is InChI=1S/C21H28O4/c1-21-11-13(10-19(24)25-2)20-15-6-4-14(22)9-12(15)3-5-16(20)17(21)7-8-18(21)23/h4,6,9,13,16-18,20,22-23H,3,5,7-8,10-11H2,1-2H3/t13-,16-,17-,18-,20+,21-/m0/s1. The van der Waals surface area contributed by atoms with Gasteiger partial charge in [0.15, 0.2) is 0 Å². The molecule has 1 aromatic carbocycles. The van der Waals surface area contributed by atoms with Crippen LogP contribution in [-0.4, -0.2) is 29.4 Å². The summed E-state index contributed by atoms with van der Waals surface area (Å²) < 4.78 is 4.97. The van der Waals surface area contributed by atoms with E-state index in [2.05, 4.69) is 13.0 Å². The van der Waals surface area contributed by atoms with E-state index in [1.54, 1.807) is 6.07 Å². The second kappa shape index (κ2) is 6.01. The number of rotatable bonds is 2. The fourth-order valence-electron chi connectivity index (χ4n) is 6.34. The Bertz CT molecular complexity index is 684. The predicted octanol–water partition coefficient (Wildman–Crippen LogP) is 3.40. The maximum absolute atomic E-state index is 12.1. The minimum atomic E-state index is -0.264. The van der Waals surface area contributed by atoms with Crippen molar-refractivity contribution in [3.05, 3.63) is 29.3 Å². The van der Waals surface area contributed by atoms with Gasteiger partial charge in [0.25, 0.3) is 0 Å². The number of esters is 1. The molecule has 0 saturated heterocycles. The summed E-state index contributed by atoms with van der Waals surface area (Å²) in [5.41, 5.74) is 2.43. The normalized spacial score (nSPS) is 39.2. The molecule has 25 heavy (non-hydrogen) atoms. The van der Waals surface area contributed by atoms with Crippen LogP contribution in [0.25, 0.3) is 0 Å². The Morgan fingerprint density at radius 2 is 2.12 bits per heavy atom. The van der Waals surface area contributed by atoms with E-state index in [9.17, 15) is 15.0 Å². The smallest absolute Gasteiger partial charge is 0.305 e. The summed E-state index contributed by atoms with van der Waals surface area (Å²) in [7, 11) is 1.45. The number of aliphatic hydroxyl groups excluding tert-OH is 1. The fraction of sp³-hybridized carbons (Fsp3) is 0.667. The lowest BCUT2D eigenvalue weighted by Gasteiger charge is -2.53. The number of methoxy groups -OCH3 is 1. The molecular formula is C21H28O4. The molecular weight excluding hydrogens is 316 g/mol. The van der Waals surface area contributed by atoms with Gasteiger partial charge in [-0.1, -0.05) is 13.0 Å². The van der Waals surface area contributed by atoms with Gasteiger partial charge in [0, 0.05) is 6.42 Å². The molecule has 3 aliphatic rings. The molecule has 0 radical (unpaired) electrons. The number of aromatic hydroxyl groups is 1. The number of hydrogen-bond acceptors (Lipinski definition) is 4. The minimum Gasteiger partial charge on any atom is -0.508 e. The number of carbonyl (C=O) groups is 1. The van der Waals surface area contributed by atoms with Crippen LogP contribution in [0, 0.1) is 23.2 Å². The van der Waals surface area contributed by atoms with Crippen molar-refractivity contribution in [3.63, 3.8) is 0 Å². The average Bonchev–Trinajstić information content (AvgIpc) is 2.89. The van der Waals surface area contributed by atoms with Gasteiger partial charge in [-0.15, -0.1) is 0 Å². The molecule has 4 nitrogen and oxygen atoms in total. The molecule has 2 N–H and O–H groups in total. The quantitative estimate of drug-likeness (QED) is 0.807. The molecule has 2 saturated carbocycles. The van der Waals surface area contributed by atoms with E-state index < -0.39 is 0 Å². The summed E-state index contributed by atoms with van der Waals surface area (Å²) in [5, 5.41) is 20.5. The monoisotopic (exact) mass is 344 g/mol. The highest BCUT2D eigenvalue weighted by Gasteiger charge is 2.57. The number of hydrogen-bond donors (Lipinski definition) is 2. The third-order valence-corrected chi connectivity index (χ3v) is 7.44. The molecule has 0 aliphatic heterocycles. The maximum atomic E-state index is 12.1. The number of benzene rings is 1. The van der Waals surface area contributed by atoms with Crippen LogP contribution < -0.4 is 0 Å². The van der Waals surface area contributed by atoms with Gasteiger partial charge < -0.3 is 14.9 Å². The fourth-order valence-corrected chi connectivity index (χ4v) is 6.34.